The molecule has 0 radical (unpaired) electrons. The van der Waals surface area contributed by atoms with E-state index in [-0.39, 0.29) is 19.4 Å². The van der Waals surface area contributed by atoms with Crippen molar-refractivity contribution in [2.75, 3.05) is 13.2 Å². The largest absolute Gasteiger partial charge is 0.484 e. The predicted octanol–water partition coefficient (Wildman–Crippen LogP) is 0.644. The lowest BCUT2D eigenvalue weighted by molar-refractivity contribution is -0.139. The SMILES string of the molecule is CCCOC(=O)c1ccc(OCC(=O)NNC(=O)CCC(=O)O)cc1. The van der Waals surface area contributed by atoms with E-state index >= 15 is 0 Å². The Balaban J connectivity index is 2.32. The highest BCUT2D eigenvalue weighted by molar-refractivity contribution is 5.89. The molecule has 1 aromatic carbocycles. The molecule has 0 aliphatic rings. The van der Waals surface area contributed by atoms with Crippen LogP contribution in [0.5, 0.6) is 5.75 Å². The first kappa shape index (κ1) is 19.9. The van der Waals surface area contributed by atoms with Crippen LogP contribution in [0.2, 0.25) is 0 Å². The van der Waals surface area contributed by atoms with Gasteiger partial charge in [-0.15, -0.1) is 0 Å². The van der Waals surface area contributed by atoms with Crippen LogP contribution in [0.15, 0.2) is 24.3 Å². The summed E-state index contributed by atoms with van der Waals surface area (Å²) >= 11 is 0. The number of hydrogen-bond donors (Lipinski definition) is 3. The lowest BCUT2D eigenvalue weighted by atomic mass is 10.2. The van der Waals surface area contributed by atoms with Gasteiger partial charge in [0.2, 0.25) is 5.91 Å². The number of carboxylic acid groups (broad SMARTS) is 1. The topological polar surface area (TPSA) is 131 Å². The zero-order valence-electron chi connectivity index (χ0n) is 13.7. The number of carbonyl (C=O) groups is 4. The van der Waals surface area contributed by atoms with Gasteiger partial charge in [0.25, 0.3) is 5.91 Å². The molecule has 0 aliphatic carbocycles. The molecule has 0 aliphatic heterocycles. The molecular weight excluding hydrogens is 332 g/mol. The summed E-state index contributed by atoms with van der Waals surface area (Å²) in [5.41, 5.74) is 4.54. The quantitative estimate of drug-likeness (QED) is 0.439. The number of benzene rings is 1. The molecule has 0 aromatic heterocycles. The average Bonchev–Trinajstić information content (AvgIpc) is 2.61. The van der Waals surface area contributed by atoms with Crippen molar-refractivity contribution in [3.05, 3.63) is 29.8 Å². The second-order valence-electron chi connectivity index (χ2n) is 4.94. The highest BCUT2D eigenvalue weighted by Crippen LogP contribution is 2.13. The van der Waals surface area contributed by atoms with Gasteiger partial charge < -0.3 is 14.6 Å². The first-order valence-corrected chi connectivity index (χ1v) is 7.61. The van der Waals surface area contributed by atoms with Crippen molar-refractivity contribution in [3.8, 4) is 5.75 Å². The van der Waals surface area contributed by atoms with Gasteiger partial charge in [-0.1, -0.05) is 6.92 Å². The Bertz CT molecular complexity index is 613. The van der Waals surface area contributed by atoms with Crippen LogP contribution >= 0.6 is 0 Å². The normalized spacial score (nSPS) is 9.80. The number of carbonyl (C=O) groups excluding carboxylic acids is 3. The molecule has 25 heavy (non-hydrogen) atoms. The van der Waals surface area contributed by atoms with E-state index in [4.69, 9.17) is 14.6 Å². The van der Waals surface area contributed by atoms with E-state index in [0.717, 1.165) is 6.42 Å². The number of nitrogens with one attached hydrogen (secondary N) is 2. The summed E-state index contributed by atoms with van der Waals surface area (Å²) in [4.78, 5) is 44.7. The summed E-state index contributed by atoms with van der Waals surface area (Å²) in [6.07, 6.45) is 0.159. The molecule has 0 atom stereocenters. The van der Waals surface area contributed by atoms with Crippen LogP contribution in [-0.4, -0.2) is 42.1 Å². The van der Waals surface area contributed by atoms with Crippen molar-refractivity contribution < 1.29 is 33.8 Å². The van der Waals surface area contributed by atoms with Gasteiger partial charge in [0.1, 0.15) is 5.75 Å². The summed E-state index contributed by atoms with van der Waals surface area (Å²) < 4.78 is 10.2. The lowest BCUT2D eigenvalue weighted by Crippen LogP contribution is -2.43. The number of ether oxygens (including phenoxy) is 2. The van der Waals surface area contributed by atoms with Gasteiger partial charge in [-0.05, 0) is 30.7 Å². The maximum atomic E-state index is 11.6. The fraction of sp³-hybridized carbons (Fsp3) is 0.375. The third kappa shape index (κ3) is 8.35. The van der Waals surface area contributed by atoms with E-state index in [0.29, 0.717) is 17.9 Å². The molecule has 3 N–H and O–H groups in total. The number of rotatable bonds is 9. The highest BCUT2D eigenvalue weighted by atomic mass is 16.5. The summed E-state index contributed by atoms with van der Waals surface area (Å²) in [6, 6.07) is 6.06. The van der Waals surface area contributed by atoms with Crippen LogP contribution in [0.3, 0.4) is 0 Å². The Morgan fingerprint density at radius 1 is 1.00 bits per heavy atom. The third-order valence-electron chi connectivity index (χ3n) is 2.80. The Labute approximate surface area is 144 Å². The summed E-state index contributed by atoms with van der Waals surface area (Å²) in [6.45, 7) is 1.87. The average molecular weight is 352 g/mol. The van der Waals surface area contributed by atoms with Gasteiger partial charge in [-0.3, -0.25) is 25.2 Å². The molecule has 0 heterocycles. The zero-order chi connectivity index (χ0) is 18.7. The van der Waals surface area contributed by atoms with E-state index in [9.17, 15) is 19.2 Å². The van der Waals surface area contributed by atoms with Crippen LogP contribution in [0.4, 0.5) is 0 Å². The molecule has 0 spiro atoms. The van der Waals surface area contributed by atoms with E-state index < -0.39 is 23.8 Å². The summed E-state index contributed by atoms with van der Waals surface area (Å²) in [5, 5.41) is 8.43. The minimum atomic E-state index is -1.10. The standard InChI is InChI=1S/C16H20N2O7/c1-2-9-24-16(23)11-3-5-12(6-4-11)25-10-14(20)18-17-13(19)7-8-15(21)22/h3-6H,2,7-10H2,1H3,(H,17,19)(H,18,20)(H,21,22). The van der Waals surface area contributed by atoms with Gasteiger partial charge in [0.15, 0.2) is 6.61 Å². The van der Waals surface area contributed by atoms with E-state index in [1.54, 1.807) is 0 Å². The maximum Gasteiger partial charge on any atom is 0.338 e. The van der Waals surface area contributed by atoms with Gasteiger partial charge in [0.05, 0.1) is 18.6 Å². The van der Waals surface area contributed by atoms with E-state index in [1.807, 2.05) is 6.92 Å². The number of hydrogen-bond acceptors (Lipinski definition) is 6. The Kier molecular flexibility index (Phi) is 8.48. The number of esters is 1. The van der Waals surface area contributed by atoms with Crippen molar-refractivity contribution in [1.29, 1.82) is 0 Å². The van der Waals surface area contributed by atoms with Crippen molar-refractivity contribution >= 4 is 23.8 Å². The maximum absolute atomic E-state index is 11.6. The molecule has 0 saturated heterocycles. The minimum absolute atomic E-state index is 0.244. The van der Waals surface area contributed by atoms with E-state index in [1.165, 1.54) is 24.3 Å². The molecule has 0 bridgehead atoms. The minimum Gasteiger partial charge on any atom is -0.484 e. The molecule has 136 valence electrons. The third-order valence-corrected chi connectivity index (χ3v) is 2.80. The first-order chi connectivity index (χ1) is 11.9. The van der Waals surface area contributed by atoms with Crippen LogP contribution in [0.25, 0.3) is 0 Å². The van der Waals surface area contributed by atoms with Crippen LogP contribution in [-0.2, 0) is 19.1 Å². The second kappa shape index (κ2) is 10.6. The van der Waals surface area contributed by atoms with Crippen molar-refractivity contribution in [2.24, 2.45) is 0 Å². The Hall–Kier alpha value is -3.10. The zero-order valence-corrected chi connectivity index (χ0v) is 13.7. The number of hydrazine groups is 1. The van der Waals surface area contributed by atoms with Crippen LogP contribution in [0, 0.1) is 0 Å². The fourth-order valence-corrected chi connectivity index (χ4v) is 1.57. The van der Waals surface area contributed by atoms with Gasteiger partial charge >= 0.3 is 11.9 Å². The molecule has 1 rings (SSSR count). The molecule has 2 amide bonds. The molecular formula is C16H20N2O7. The second-order valence-corrected chi connectivity index (χ2v) is 4.94. The van der Waals surface area contributed by atoms with Crippen LogP contribution in [0.1, 0.15) is 36.5 Å². The lowest BCUT2D eigenvalue weighted by Gasteiger charge is -2.09. The molecule has 9 heteroatoms. The van der Waals surface area contributed by atoms with Gasteiger partial charge in [-0.2, -0.15) is 0 Å². The molecule has 9 nitrogen and oxygen atoms in total. The molecule has 0 saturated carbocycles. The van der Waals surface area contributed by atoms with E-state index in [2.05, 4.69) is 10.9 Å². The Morgan fingerprint density at radius 3 is 2.24 bits per heavy atom. The summed E-state index contributed by atoms with van der Waals surface area (Å²) in [5.74, 6) is -2.41. The molecule has 0 unspecified atom stereocenters. The number of carboxylic acids is 1. The van der Waals surface area contributed by atoms with Crippen LogP contribution < -0.4 is 15.6 Å². The first-order valence-electron chi connectivity index (χ1n) is 7.61. The van der Waals surface area contributed by atoms with Gasteiger partial charge in [-0.25, -0.2) is 4.79 Å². The highest BCUT2D eigenvalue weighted by Gasteiger charge is 2.09. The predicted molar refractivity (Wildman–Crippen MR) is 85.7 cm³/mol. The molecule has 0 fully saturated rings. The van der Waals surface area contributed by atoms with Crippen molar-refractivity contribution in [3.63, 3.8) is 0 Å². The number of amides is 2. The van der Waals surface area contributed by atoms with Crippen molar-refractivity contribution in [1.82, 2.24) is 10.9 Å². The van der Waals surface area contributed by atoms with Crippen molar-refractivity contribution in [2.45, 2.75) is 26.2 Å². The Morgan fingerprint density at radius 2 is 1.64 bits per heavy atom. The molecule has 1 aromatic rings. The monoisotopic (exact) mass is 352 g/mol. The van der Waals surface area contributed by atoms with Gasteiger partial charge in [0, 0.05) is 6.42 Å². The smallest absolute Gasteiger partial charge is 0.338 e. The fourth-order valence-electron chi connectivity index (χ4n) is 1.57. The summed E-state index contributed by atoms with van der Waals surface area (Å²) in [7, 11) is 0. The number of aliphatic carboxylic acids is 1.